The van der Waals surface area contributed by atoms with Crippen LogP contribution in [0.3, 0.4) is 0 Å². The second-order valence-corrected chi connectivity index (χ2v) is 3.77. The highest BCUT2D eigenvalue weighted by Gasteiger charge is 2.34. The Morgan fingerprint density at radius 1 is 1.22 bits per heavy atom. The van der Waals surface area contributed by atoms with Crippen molar-refractivity contribution < 1.29 is 22.1 Å². The van der Waals surface area contributed by atoms with E-state index in [0.717, 1.165) is 12.1 Å². The molecule has 0 unspecified atom stereocenters. The average molecular weight is 280 g/mol. The maximum Gasteiger partial charge on any atom is 0.419 e. The van der Waals surface area contributed by atoms with E-state index in [-0.39, 0.29) is 17.1 Å². The minimum Gasteiger partial charge on any atom is -0.359 e. The van der Waals surface area contributed by atoms with Crippen molar-refractivity contribution in [3.05, 3.63) is 41.4 Å². The molecular formula is C11H6ClF4NO. The third-order valence-corrected chi connectivity index (χ3v) is 2.52. The average Bonchev–Trinajstić information content (AvgIpc) is 2.75. The molecule has 0 spiro atoms. The third kappa shape index (κ3) is 2.48. The van der Waals surface area contributed by atoms with E-state index in [1.54, 1.807) is 0 Å². The quantitative estimate of drug-likeness (QED) is 0.607. The molecule has 0 saturated heterocycles. The van der Waals surface area contributed by atoms with Crippen LogP contribution in [0.25, 0.3) is 11.3 Å². The topological polar surface area (TPSA) is 26.0 Å². The molecule has 0 atom stereocenters. The Balaban J connectivity index is 2.40. The van der Waals surface area contributed by atoms with Crippen LogP contribution in [-0.4, -0.2) is 5.16 Å². The lowest BCUT2D eigenvalue weighted by atomic mass is 10.1. The molecule has 1 heterocycles. The minimum absolute atomic E-state index is 0.0795. The maximum absolute atomic E-state index is 13.3. The van der Waals surface area contributed by atoms with Gasteiger partial charge in [0, 0.05) is 11.6 Å². The van der Waals surface area contributed by atoms with Crippen molar-refractivity contribution in [1.82, 2.24) is 5.16 Å². The van der Waals surface area contributed by atoms with Crippen LogP contribution in [0.15, 0.2) is 28.8 Å². The van der Waals surface area contributed by atoms with Gasteiger partial charge in [-0.25, -0.2) is 4.39 Å². The van der Waals surface area contributed by atoms with Gasteiger partial charge in [-0.1, -0.05) is 11.2 Å². The number of benzene rings is 1. The molecular weight excluding hydrogens is 274 g/mol. The van der Waals surface area contributed by atoms with Gasteiger partial charge in [-0.2, -0.15) is 13.2 Å². The van der Waals surface area contributed by atoms with E-state index >= 15 is 0 Å². The lowest BCUT2D eigenvalue weighted by Gasteiger charge is -2.08. The molecule has 0 aliphatic heterocycles. The summed E-state index contributed by atoms with van der Waals surface area (Å²) < 4.78 is 55.1. The largest absolute Gasteiger partial charge is 0.419 e. The van der Waals surface area contributed by atoms with Crippen LogP contribution in [0, 0.1) is 5.82 Å². The summed E-state index contributed by atoms with van der Waals surface area (Å²) >= 11 is 5.49. The summed E-state index contributed by atoms with van der Waals surface area (Å²) in [7, 11) is 0. The van der Waals surface area contributed by atoms with Gasteiger partial charge in [0.1, 0.15) is 11.5 Å². The van der Waals surface area contributed by atoms with E-state index < -0.39 is 17.6 Å². The SMILES string of the molecule is Fc1cc(-c2cc(CCl)on2)ccc1C(F)(F)F. The number of halogens is 5. The fraction of sp³-hybridized carbons (Fsp3) is 0.182. The van der Waals surface area contributed by atoms with Crippen LogP contribution < -0.4 is 0 Å². The van der Waals surface area contributed by atoms with E-state index in [4.69, 9.17) is 16.1 Å². The summed E-state index contributed by atoms with van der Waals surface area (Å²) in [4.78, 5) is 0. The Kier molecular flexibility index (Phi) is 3.30. The highest BCUT2D eigenvalue weighted by atomic mass is 35.5. The molecule has 0 aliphatic rings. The molecule has 0 N–H and O–H groups in total. The van der Waals surface area contributed by atoms with Crippen LogP contribution >= 0.6 is 11.6 Å². The zero-order valence-electron chi connectivity index (χ0n) is 8.76. The Hall–Kier alpha value is -1.56. The normalized spacial score (nSPS) is 11.8. The van der Waals surface area contributed by atoms with Crippen molar-refractivity contribution in [2.45, 2.75) is 12.1 Å². The number of alkyl halides is 4. The van der Waals surface area contributed by atoms with Crippen molar-refractivity contribution in [1.29, 1.82) is 0 Å². The Bertz CT molecular complexity index is 564. The van der Waals surface area contributed by atoms with Crippen LogP contribution in [0.4, 0.5) is 17.6 Å². The van der Waals surface area contributed by atoms with Crippen LogP contribution in [-0.2, 0) is 12.1 Å². The highest BCUT2D eigenvalue weighted by molar-refractivity contribution is 6.16. The van der Waals surface area contributed by atoms with Crippen molar-refractivity contribution in [3.63, 3.8) is 0 Å². The predicted octanol–water partition coefficient (Wildman–Crippen LogP) is 4.24. The second kappa shape index (κ2) is 4.61. The van der Waals surface area contributed by atoms with Crippen molar-refractivity contribution in [2.75, 3.05) is 0 Å². The summed E-state index contributed by atoms with van der Waals surface area (Å²) in [6.07, 6.45) is -4.71. The van der Waals surface area contributed by atoms with Crippen LogP contribution in [0.5, 0.6) is 0 Å². The van der Waals surface area contributed by atoms with Gasteiger partial charge in [-0.05, 0) is 12.1 Å². The molecule has 0 saturated carbocycles. The number of rotatable bonds is 2. The summed E-state index contributed by atoms with van der Waals surface area (Å²) in [5.41, 5.74) is -0.883. The first-order chi connectivity index (χ1) is 8.41. The summed E-state index contributed by atoms with van der Waals surface area (Å²) in [5.74, 6) is -0.918. The first-order valence-electron chi connectivity index (χ1n) is 4.80. The monoisotopic (exact) mass is 279 g/mol. The Morgan fingerprint density at radius 2 is 1.94 bits per heavy atom. The predicted molar refractivity (Wildman–Crippen MR) is 56.5 cm³/mol. The van der Waals surface area contributed by atoms with E-state index in [0.29, 0.717) is 11.8 Å². The molecule has 0 radical (unpaired) electrons. The van der Waals surface area contributed by atoms with Crippen molar-refractivity contribution in [2.24, 2.45) is 0 Å². The number of hydrogen-bond acceptors (Lipinski definition) is 2. The standard InChI is InChI=1S/C11H6ClF4NO/c12-5-7-4-10(17-18-7)6-1-2-8(9(13)3-6)11(14,15)16/h1-4H,5H2. The molecule has 7 heteroatoms. The second-order valence-electron chi connectivity index (χ2n) is 3.50. The summed E-state index contributed by atoms with van der Waals surface area (Å²) in [6, 6.07) is 4.00. The lowest BCUT2D eigenvalue weighted by Crippen LogP contribution is -2.07. The lowest BCUT2D eigenvalue weighted by molar-refractivity contribution is -0.139. The van der Waals surface area contributed by atoms with E-state index in [2.05, 4.69) is 5.16 Å². The molecule has 1 aromatic heterocycles. The van der Waals surface area contributed by atoms with Crippen LogP contribution in [0.2, 0.25) is 0 Å². The number of aromatic nitrogens is 1. The number of hydrogen-bond donors (Lipinski definition) is 0. The van der Waals surface area contributed by atoms with Gasteiger partial charge < -0.3 is 4.52 Å². The van der Waals surface area contributed by atoms with Gasteiger partial charge in [0.05, 0.1) is 11.4 Å². The van der Waals surface area contributed by atoms with Gasteiger partial charge >= 0.3 is 6.18 Å². The van der Waals surface area contributed by atoms with E-state index in [1.807, 2.05) is 0 Å². The summed E-state index contributed by atoms with van der Waals surface area (Å²) in [6.45, 7) is 0. The van der Waals surface area contributed by atoms with Gasteiger partial charge in [-0.3, -0.25) is 0 Å². The van der Waals surface area contributed by atoms with Crippen molar-refractivity contribution in [3.8, 4) is 11.3 Å². The Labute approximate surface area is 104 Å². The van der Waals surface area contributed by atoms with Crippen LogP contribution in [0.1, 0.15) is 11.3 Å². The maximum atomic E-state index is 13.3. The van der Waals surface area contributed by atoms with Gasteiger partial charge in [0.2, 0.25) is 0 Å². The molecule has 0 amide bonds. The molecule has 96 valence electrons. The molecule has 0 bridgehead atoms. The van der Waals surface area contributed by atoms with Gasteiger partial charge in [-0.15, -0.1) is 11.6 Å². The first kappa shape index (κ1) is 12.9. The van der Waals surface area contributed by atoms with E-state index in [1.165, 1.54) is 6.07 Å². The molecule has 2 nitrogen and oxygen atoms in total. The van der Waals surface area contributed by atoms with Gasteiger partial charge in [0.25, 0.3) is 0 Å². The van der Waals surface area contributed by atoms with Crippen molar-refractivity contribution >= 4 is 11.6 Å². The fourth-order valence-corrected chi connectivity index (χ4v) is 1.54. The minimum atomic E-state index is -4.71. The molecule has 0 fully saturated rings. The molecule has 2 rings (SSSR count). The zero-order valence-corrected chi connectivity index (χ0v) is 9.52. The number of nitrogens with zero attached hydrogens (tertiary/aromatic N) is 1. The van der Waals surface area contributed by atoms with E-state index in [9.17, 15) is 17.6 Å². The Morgan fingerprint density at radius 3 is 2.44 bits per heavy atom. The third-order valence-electron chi connectivity index (χ3n) is 2.26. The highest BCUT2D eigenvalue weighted by Crippen LogP contribution is 2.33. The first-order valence-corrected chi connectivity index (χ1v) is 5.34. The fourth-order valence-electron chi connectivity index (χ4n) is 1.42. The summed E-state index contributed by atoms with van der Waals surface area (Å²) in [5, 5.41) is 3.58. The smallest absolute Gasteiger partial charge is 0.359 e. The molecule has 1 aromatic carbocycles. The van der Waals surface area contributed by atoms with Gasteiger partial charge in [0.15, 0.2) is 5.76 Å². The molecule has 2 aromatic rings. The molecule has 18 heavy (non-hydrogen) atoms. The molecule has 0 aliphatic carbocycles. The zero-order chi connectivity index (χ0) is 13.3.